The van der Waals surface area contributed by atoms with E-state index < -0.39 is 0 Å². The van der Waals surface area contributed by atoms with Gasteiger partial charge in [-0.2, -0.15) is 0 Å². The van der Waals surface area contributed by atoms with Gasteiger partial charge in [0.15, 0.2) is 5.82 Å². The van der Waals surface area contributed by atoms with E-state index in [9.17, 15) is 4.79 Å². The molecule has 25 heavy (non-hydrogen) atoms. The smallest absolute Gasteiger partial charge is 0.228 e. The number of carbonyl (C=O) groups is 1. The van der Waals surface area contributed by atoms with Crippen molar-refractivity contribution in [1.29, 1.82) is 0 Å². The quantitative estimate of drug-likeness (QED) is 0.769. The zero-order chi connectivity index (χ0) is 17.6. The number of pyridine rings is 1. The zero-order valence-electron chi connectivity index (χ0n) is 14.4. The first-order valence-electron chi connectivity index (χ1n) is 8.20. The van der Waals surface area contributed by atoms with Gasteiger partial charge in [0.1, 0.15) is 0 Å². The average molecular weight is 331 g/mol. The molecule has 4 nitrogen and oxygen atoms in total. The normalized spacial score (nSPS) is 10.3. The van der Waals surface area contributed by atoms with Crippen LogP contribution in [-0.2, 0) is 11.2 Å². The molecule has 3 aromatic rings. The third kappa shape index (κ3) is 4.23. The summed E-state index contributed by atoms with van der Waals surface area (Å²) < 4.78 is 0. The Balaban J connectivity index is 1.68. The minimum atomic E-state index is -0.0523. The number of nitrogens with zero attached hydrogens (tertiary/aromatic N) is 2. The third-order valence-electron chi connectivity index (χ3n) is 3.91. The van der Waals surface area contributed by atoms with E-state index in [1.165, 1.54) is 5.56 Å². The summed E-state index contributed by atoms with van der Waals surface area (Å²) in [6, 6.07) is 22.0. The Hall–Kier alpha value is -3.14. The van der Waals surface area contributed by atoms with Crippen LogP contribution in [-0.4, -0.2) is 25.0 Å². The number of benzene rings is 2. The highest BCUT2D eigenvalue weighted by Crippen LogP contribution is 2.22. The highest BCUT2D eigenvalue weighted by Gasteiger charge is 2.10. The minimum Gasteiger partial charge on any atom is -0.361 e. The van der Waals surface area contributed by atoms with Crippen LogP contribution in [0.4, 0.5) is 11.5 Å². The standard InChI is InChI=1S/C21H21N3O/c1-24(2)21-19(9-6-14-22-21)23-20(25)15-16-10-12-18(13-11-16)17-7-4-3-5-8-17/h3-14H,15H2,1-2H3,(H,23,25). The summed E-state index contributed by atoms with van der Waals surface area (Å²) in [5.41, 5.74) is 4.02. The molecule has 0 atom stereocenters. The molecule has 1 heterocycles. The van der Waals surface area contributed by atoms with Crippen LogP contribution in [0.5, 0.6) is 0 Å². The molecule has 2 aromatic carbocycles. The molecule has 3 rings (SSSR count). The SMILES string of the molecule is CN(C)c1ncccc1NC(=O)Cc1ccc(-c2ccccc2)cc1. The lowest BCUT2D eigenvalue weighted by molar-refractivity contribution is -0.115. The van der Waals surface area contributed by atoms with Gasteiger partial charge in [-0.25, -0.2) is 4.98 Å². The van der Waals surface area contributed by atoms with E-state index >= 15 is 0 Å². The van der Waals surface area contributed by atoms with E-state index in [2.05, 4.69) is 22.4 Å². The predicted octanol–water partition coefficient (Wildman–Crippen LogP) is 4.00. The van der Waals surface area contributed by atoms with Crippen LogP contribution < -0.4 is 10.2 Å². The van der Waals surface area contributed by atoms with Gasteiger partial charge in [-0.15, -0.1) is 0 Å². The van der Waals surface area contributed by atoms with Gasteiger partial charge in [-0.05, 0) is 28.8 Å². The molecule has 0 spiro atoms. The second kappa shape index (κ2) is 7.62. The first-order chi connectivity index (χ1) is 12.1. The van der Waals surface area contributed by atoms with Gasteiger partial charge in [-0.3, -0.25) is 4.79 Å². The Bertz CT molecular complexity index is 843. The second-order valence-electron chi connectivity index (χ2n) is 6.06. The zero-order valence-corrected chi connectivity index (χ0v) is 14.4. The van der Waals surface area contributed by atoms with Crippen molar-refractivity contribution in [3.63, 3.8) is 0 Å². The summed E-state index contributed by atoms with van der Waals surface area (Å²) in [7, 11) is 3.81. The highest BCUT2D eigenvalue weighted by molar-refractivity contribution is 5.94. The Morgan fingerprint density at radius 3 is 2.28 bits per heavy atom. The van der Waals surface area contributed by atoms with Crippen LogP contribution in [0, 0.1) is 0 Å². The van der Waals surface area contributed by atoms with E-state index in [0.717, 1.165) is 22.6 Å². The number of anilines is 2. The van der Waals surface area contributed by atoms with Crippen molar-refractivity contribution in [3.8, 4) is 11.1 Å². The van der Waals surface area contributed by atoms with Gasteiger partial charge in [-0.1, -0.05) is 54.6 Å². The fourth-order valence-corrected chi connectivity index (χ4v) is 2.68. The second-order valence-corrected chi connectivity index (χ2v) is 6.06. The third-order valence-corrected chi connectivity index (χ3v) is 3.91. The number of rotatable bonds is 5. The van der Waals surface area contributed by atoms with Gasteiger partial charge >= 0.3 is 0 Å². The summed E-state index contributed by atoms with van der Waals surface area (Å²) in [6.07, 6.45) is 2.05. The van der Waals surface area contributed by atoms with Gasteiger partial charge in [0.05, 0.1) is 12.1 Å². The summed E-state index contributed by atoms with van der Waals surface area (Å²) in [4.78, 5) is 18.5. The summed E-state index contributed by atoms with van der Waals surface area (Å²) in [5.74, 6) is 0.693. The fourth-order valence-electron chi connectivity index (χ4n) is 2.68. The molecule has 0 bridgehead atoms. The molecule has 0 fully saturated rings. The van der Waals surface area contributed by atoms with Crippen LogP contribution in [0.15, 0.2) is 72.9 Å². The first kappa shape index (κ1) is 16.7. The molecule has 0 saturated heterocycles. The molecule has 1 aromatic heterocycles. The molecule has 0 radical (unpaired) electrons. The molecular weight excluding hydrogens is 310 g/mol. The maximum atomic E-state index is 12.4. The van der Waals surface area contributed by atoms with Crippen LogP contribution in [0.1, 0.15) is 5.56 Å². The van der Waals surface area contributed by atoms with Crippen LogP contribution in [0.2, 0.25) is 0 Å². The van der Waals surface area contributed by atoms with Crippen LogP contribution in [0.3, 0.4) is 0 Å². The average Bonchev–Trinajstić information content (AvgIpc) is 2.63. The van der Waals surface area contributed by atoms with E-state index in [1.54, 1.807) is 6.20 Å². The van der Waals surface area contributed by atoms with Gasteiger partial charge < -0.3 is 10.2 Å². The molecule has 0 unspecified atom stereocenters. The molecule has 4 heteroatoms. The van der Waals surface area contributed by atoms with Crippen molar-refractivity contribution < 1.29 is 4.79 Å². The highest BCUT2D eigenvalue weighted by atomic mass is 16.1. The Morgan fingerprint density at radius 2 is 1.60 bits per heavy atom. The molecule has 1 N–H and O–H groups in total. The molecule has 0 aliphatic heterocycles. The van der Waals surface area contributed by atoms with E-state index in [0.29, 0.717) is 6.42 Å². The minimum absolute atomic E-state index is 0.0523. The number of hydrogen-bond donors (Lipinski definition) is 1. The maximum Gasteiger partial charge on any atom is 0.228 e. The van der Waals surface area contributed by atoms with Crippen molar-refractivity contribution >= 4 is 17.4 Å². The lowest BCUT2D eigenvalue weighted by Gasteiger charge is -2.16. The van der Waals surface area contributed by atoms with Crippen molar-refractivity contribution in [3.05, 3.63) is 78.5 Å². The summed E-state index contributed by atoms with van der Waals surface area (Å²) >= 11 is 0. The fraction of sp³-hybridized carbons (Fsp3) is 0.143. The maximum absolute atomic E-state index is 12.4. The first-order valence-corrected chi connectivity index (χ1v) is 8.20. The Labute approximate surface area is 148 Å². The lowest BCUT2D eigenvalue weighted by Crippen LogP contribution is -2.19. The van der Waals surface area contributed by atoms with E-state index in [4.69, 9.17) is 0 Å². The van der Waals surface area contributed by atoms with Crippen molar-refractivity contribution in [2.24, 2.45) is 0 Å². The van der Waals surface area contributed by atoms with Gasteiger partial charge in [0.25, 0.3) is 0 Å². The van der Waals surface area contributed by atoms with Gasteiger partial charge in [0, 0.05) is 20.3 Å². The predicted molar refractivity (Wildman–Crippen MR) is 103 cm³/mol. The van der Waals surface area contributed by atoms with E-state index in [1.807, 2.05) is 73.6 Å². The molecule has 0 aliphatic rings. The monoisotopic (exact) mass is 331 g/mol. The lowest BCUT2D eigenvalue weighted by atomic mass is 10.0. The Morgan fingerprint density at radius 1 is 0.920 bits per heavy atom. The molecule has 0 saturated carbocycles. The molecule has 126 valence electrons. The summed E-state index contributed by atoms with van der Waals surface area (Å²) in [6.45, 7) is 0. The number of nitrogens with one attached hydrogen (secondary N) is 1. The number of amides is 1. The van der Waals surface area contributed by atoms with Crippen LogP contribution >= 0.6 is 0 Å². The van der Waals surface area contributed by atoms with E-state index in [-0.39, 0.29) is 5.91 Å². The number of aromatic nitrogens is 1. The van der Waals surface area contributed by atoms with Gasteiger partial charge in [0.2, 0.25) is 5.91 Å². The summed E-state index contributed by atoms with van der Waals surface area (Å²) in [5, 5.41) is 2.94. The van der Waals surface area contributed by atoms with Crippen molar-refractivity contribution in [2.45, 2.75) is 6.42 Å². The molecular formula is C21H21N3O. The molecule has 0 aliphatic carbocycles. The van der Waals surface area contributed by atoms with Crippen LogP contribution in [0.25, 0.3) is 11.1 Å². The van der Waals surface area contributed by atoms with Crippen molar-refractivity contribution in [2.75, 3.05) is 24.3 Å². The molecule has 1 amide bonds. The Kier molecular flexibility index (Phi) is 5.09. The van der Waals surface area contributed by atoms with Crippen molar-refractivity contribution in [1.82, 2.24) is 4.98 Å². The number of carbonyl (C=O) groups excluding carboxylic acids is 1. The number of hydrogen-bond acceptors (Lipinski definition) is 3. The largest absolute Gasteiger partial charge is 0.361 e. The topological polar surface area (TPSA) is 45.2 Å².